The number of carbonyl (C=O) groups is 1. The van der Waals surface area contributed by atoms with Crippen molar-refractivity contribution in [2.45, 2.75) is 46.1 Å². The molecule has 24 heavy (non-hydrogen) atoms. The fourth-order valence-corrected chi connectivity index (χ4v) is 3.45. The largest absolute Gasteiger partial charge is 0.351 e. The average molecular weight is 353 g/mol. The molecule has 1 amide bonds. The number of aryl methyl sites for hydroxylation is 2. The molecule has 1 atom stereocenters. The van der Waals surface area contributed by atoms with Crippen LogP contribution >= 0.6 is 11.6 Å². The first-order chi connectivity index (χ1) is 11.2. The third-order valence-corrected chi connectivity index (χ3v) is 5.25. The number of nitrogens with zero attached hydrogens (tertiary/aromatic N) is 3. The van der Waals surface area contributed by atoms with Gasteiger partial charge in [0.2, 0.25) is 5.91 Å². The summed E-state index contributed by atoms with van der Waals surface area (Å²) in [4.78, 5) is 14.6. The number of rotatable bonds is 5. The van der Waals surface area contributed by atoms with Gasteiger partial charge in [0, 0.05) is 37.3 Å². The minimum atomic E-state index is -0.104. The first kappa shape index (κ1) is 19.0. The molecule has 1 unspecified atom stereocenters. The van der Waals surface area contributed by atoms with Gasteiger partial charge < -0.3 is 5.32 Å². The van der Waals surface area contributed by atoms with E-state index in [-0.39, 0.29) is 11.4 Å². The molecule has 2 rings (SSSR count). The minimum absolute atomic E-state index is 0.0416. The van der Waals surface area contributed by atoms with Gasteiger partial charge >= 0.3 is 0 Å². The van der Waals surface area contributed by atoms with E-state index in [1.54, 1.807) is 17.8 Å². The van der Waals surface area contributed by atoms with Gasteiger partial charge in [0.25, 0.3) is 0 Å². The monoisotopic (exact) mass is 352 g/mol. The molecule has 2 heterocycles. The van der Waals surface area contributed by atoms with Gasteiger partial charge in [0.1, 0.15) is 5.15 Å². The van der Waals surface area contributed by atoms with Crippen molar-refractivity contribution in [2.24, 2.45) is 13.0 Å². The number of hydrogen-bond donors (Lipinski definition) is 1. The normalized spacial score (nSPS) is 19.8. The molecule has 5 nitrogen and oxygen atoms in total. The lowest BCUT2D eigenvalue weighted by Crippen LogP contribution is -2.54. The summed E-state index contributed by atoms with van der Waals surface area (Å²) in [6.07, 6.45) is 5.80. The van der Waals surface area contributed by atoms with Crippen LogP contribution in [0.2, 0.25) is 5.15 Å². The Balaban J connectivity index is 1.91. The molecule has 1 fully saturated rings. The number of carbonyl (C=O) groups excluding carboxylic acids is 1. The van der Waals surface area contributed by atoms with Gasteiger partial charge in [0.05, 0.1) is 5.69 Å². The zero-order chi connectivity index (χ0) is 17.9. The molecule has 1 N–H and O–H groups in total. The predicted octanol–water partition coefficient (Wildman–Crippen LogP) is 3.02. The number of amides is 1. The highest BCUT2D eigenvalue weighted by molar-refractivity contribution is 6.31. The molecule has 1 saturated heterocycles. The highest BCUT2D eigenvalue weighted by atomic mass is 35.5. The van der Waals surface area contributed by atoms with E-state index in [2.05, 4.69) is 36.1 Å². The number of nitrogens with one attached hydrogen (secondary N) is 1. The van der Waals surface area contributed by atoms with Crippen molar-refractivity contribution in [1.29, 1.82) is 0 Å². The molecule has 134 valence electrons. The standard InChI is InChI=1S/C18H29ClN4O/c1-13-7-6-10-23(11-13)18(3,4)12-20-16(24)9-8-15-14(2)21-22(5)17(15)19/h8-9,13H,6-7,10-12H2,1-5H3,(H,20,24). The van der Waals surface area contributed by atoms with Crippen molar-refractivity contribution in [3.05, 3.63) is 22.5 Å². The summed E-state index contributed by atoms with van der Waals surface area (Å²) in [6.45, 7) is 11.4. The Morgan fingerprint density at radius 2 is 2.21 bits per heavy atom. The Hall–Kier alpha value is -1.33. The maximum absolute atomic E-state index is 12.2. The summed E-state index contributed by atoms with van der Waals surface area (Å²) in [5, 5.41) is 7.79. The van der Waals surface area contributed by atoms with E-state index in [1.165, 1.54) is 18.9 Å². The van der Waals surface area contributed by atoms with Gasteiger partial charge in [-0.2, -0.15) is 5.10 Å². The number of likely N-dealkylation sites (tertiary alicyclic amines) is 1. The molecule has 1 aromatic rings. The van der Waals surface area contributed by atoms with Crippen LogP contribution in [0.3, 0.4) is 0 Å². The smallest absolute Gasteiger partial charge is 0.244 e. The van der Waals surface area contributed by atoms with Crippen molar-refractivity contribution in [2.75, 3.05) is 19.6 Å². The van der Waals surface area contributed by atoms with Gasteiger partial charge in [-0.15, -0.1) is 0 Å². The quantitative estimate of drug-likeness (QED) is 0.829. The van der Waals surface area contributed by atoms with Crippen LogP contribution in [0.15, 0.2) is 6.08 Å². The van der Waals surface area contributed by atoms with Crippen LogP contribution in [0.4, 0.5) is 0 Å². The zero-order valence-corrected chi connectivity index (χ0v) is 16.2. The second kappa shape index (κ2) is 7.70. The second-order valence-electron chi connectivity index (χ2n) is 7.47. The maximum Gasteiger partial charge on any atom is 0.244 e. The molecule has 1 aliphatic heterocycles. The Labute approximate surface area is 150 Å². The summed E-state index contributed by atoms with van der Waals surface area (Å²) in [5.41, 5.74) is 1.56. The van der Waals surface area contributed by atoms with Crippen molar-refractivity contribution < 1.29 is 4.79 Å². The zero-order valence-electron chi connectivity index (χ0n) is 15.4. The van der Waals surface area contributed by atoms with E-state index in [0.29, 0.717) is 11.7 Å². The first-order valence-corrected chi connectivity index (χ1v) is 8.98. The van der Waals surface area contributed by atoms with E-state index < -0.39 is 0 Å². The van der Waals surface area contributed by atoms with Gasteiger partial charge in [0.15, 0.2) is 0 Å². The van der Waals surface area contributed by atoms with Crippen molar-refractivity contribution in [1.82, 2.24) is 20.0 Å². The van der Waals surface area contributed by atoms with Gasteiger partial charge in [-0.1, -0.05) is 18.5 Å². The Kier molecular flexibility index (Phi) is 6.10. The number of aromatic nitrogens is 2. The van der Waals surface area contributed by atoms with E-state index in [1.807, 2.05) is 6.92 Å². The molecule has 6 heteroatoms. The summed E-state index contributed by atoms with van der Waals surface area (Å²) >= 11 is 6.17. The van der Waals surface area contributed by atoms with Crippen molar-refractivity contribution >= 4 is 23.6 Å². The number of halogens is 1. The van der Waals surface area contributed by atoms with E-state index in [0.717, 1.165) is 30.3 Å². The molecule has 0 aliphatic carbocycles. The number of hydrogen-bond acceptors (Lipinski definition) is 3. The van der Waals surface area contributed by atoms with Crippen LogP contribution in [-0.2, 0) is 11.8 Å². The maximum atomic E-state index is 12.2. The minimum Gasteiger partial charge on any atom is -0.351 e. The van der Waals surface area contributed by atoms with Crippen molar-refractivity contribution in [3.63, 3.8) is 0 Å². The Morgan fingerprint density at radius 1 is 1.50 bits per heavy atom. The van der Waals surface area contributed by atoms with E-state index in [4.69, 9.17) is 11.6 Å². The SMILES string of the molecule is Cc1nn(C)c(Cl)c1C=CC(=O)NCC(C)(C)N1CCCC(C)C1. The fraction of sp³-hybridized carbons (Fsp3) is 0.667. The average Bonchev–Trinajstić information content (AvgIpc) is 2.76. The molecule has 0 saturated carbocycles. The van der Waals surface area contributed by atoms with E-state index in [9.17, 15) is 4.79 Å². The molecular weight excluding hydrogens is 324 g/mol. The topological polar surface area (TPSA) is 50.2 Å². The summed E-state index contributed by atoms with van der Waals surface area (Å²) < 4.78 is 1.61. The second-order valence-corrected chi connectivity index (χ2v) is 7.83. The lowest BCUT2D eigenvalue weighted by atomic mass is 9.93. The lowest BCUT2D eigenvalue weighted by molar-refractivity contribution is -0.117. The highest BCUT2D eigenvalue weighted by Crippen LogP contribution is 2.23. The predicted molar refractivity (Wildman–Crippen MR) is 99.0 cm³/mol. The highest BCUT2D eigenvalue weighted by Gasteiger charge is 2.30. The molecule has 0 aromatic carbocycles. The molecule has 1 aromatic heterocycles. The molecular formula is C18H29ClN4O. The van der Waals surface area contributed by atoms with Crippen LogP contribution in [0.25, 0.3) is 6.08 Å². The Morgan fingerprint density at radius 3 is 2.79 bits per heavy atom. The molecule has 1 aliphatic rings. The molecule has 0 bridgehead atoms. The van der Waals surface area contributed by atoms with Crippen LogP contribution < -0.4 is 5.32 Å². The summed E-state index contributed by atoms with van der Waals surface area (Å²) in [6, 6.07) is 0. The van der Waals surface area contributed by atoms with E-state index >= 15 is 0 Å². The summed E-state index contributed by atoms with van der Waals surface area (Å²) in [7, 11) is 1.79. The van der Waals surface area contributed by atoms with Gasteiger partial charge in [-0.3, -0.25) is 14.4 Å². The Bertz CT molecular complexity index is 621. The van der Waals surface area contributed by atoms with Crippen molar-refractivity contribution in [3.8, 4) is 0 Å². The van der Waals surface area contributed by atoms with Gasteiger partial charge in [-0.05, 0) is 52.2 Å². The van der Waals surface area contributed by atoms with Crippen LogP contribution in [0.1, 0.15) is 44.9 Å². The third kappa shape index (κ3) is 4.61. The van der Waals surface area contributed by atoms with Crippen LogP contribution in [-0.4, -0.2) is 45.8 Å². The lowest BCUT2D eigenvalue weighted by Gasteiger charge is -2.43. The summed E-state index contributed by atoms with van der Waals surface area (Å²) in [5.74, 6) is 0.622. The molecule has 0 spiro atoms. The third-order valence-electron chi connectivity index (χ3n) is 4.81. The fourth-order valence-electron chi connectivity index (χ4n) is 3.21. The van der Waals surface area contributed by atoms with Crippen LogP contribution in [0, 0.1) is 12.8 Å². The van der Waals surface area contributed by atoms with Crippen LogP contribution in [0.5, 0.6) is 0 Å². The molecule has 0 radical (unpaired) electrons. The number of piperidine rings is 1. The first-order valence-electron chi connectivity index (χ1n) is 8.61. The van der Waals surface area contributed by atoms with Gasteiger partial charge in [-0.25, -0.2) is 0 Å².